The highest BCUT2D eigenvalue weighted by Gasteiger charge is 2.21. The van der Waals surface area contributed by atoms with Crippen LogP contribution in [-0.2, 0) is 16.0 Å². The highest BCUT2D eigenvalue weighted by Crippen LogP contribution is 2.11. The quantitative estimate of drug-likeness (QED) is 0.164. The van der Waals surface area contributed by atoms with Gasteiger partial charge in [-0.3, -0.25) is 14.2 Å². The van der Waals surface area contributed by atoms with Crippen LogP contribution < -0.4 is 11.1 Å². The lowest BCUT2D eigenvalue weighted by Gasteiger charge is -2.12. The molecule has 0 aromatic carbocycles. The van der Waals surface area contributed by atoms with Gasteiger partial charge in [-0.05, 0) is 32.1 Å². The number of carboxylic acid groups (broad SMARTS) is 1. The van der Waals surface area contributed by atoms with Crippen molar-refractivity contribution in [3.63, 3.8) is 0 Å². The molecule has 8 nitrogen and oxygen atoms in total. The molecule has 198 valence electrons. The third-order valence-electron chi connectivity index (χ3n) is 5.99. The zero-order valence-electron chi connectivity index (χ0n) is 21.6. The van der Waals surface area contributed by atoms with Crippen LogP contribution in [0.25, 0.3) is 0 Å². The number of rotatable bonds is 21. The molecule has 1 unspecified atom stereocenters. The van der Waals surface area contributed by atoms with Crippen molar-refractivity contribution in [2.45, 2.75) is 116 Å². The minimum Gasteiger partial charge on any atom is -0.480 e. The zero-order valence-corrected chi connectivity index (χ0v) is 21.6. The number of nitrogens with zero attached hydrogens (tertiary/aromatic N) is 2. The van der Waals surface area contributed by atoms with Crippen molar-refractivity contribution in [2.24, 2.45) is 5.73 Å². The molecule has 0 aliphatic heterocycles. The average molecular weight is 491 g/mol. The SMILES string of the molecule is CCCCCCCC/C=C\CCCCCCCC(=O)n1cnc(CC(NC(=O)CCN)C(=O)O)c1. The van der Waals surface area contributed by atoms with E-state index in [1.54, 1.807) is 6.20 Å². The summed E-state index contributed by atoms with van der Waals surface area (Å²) in [5.41, 5.74) is 5.77. The molecular weight excluding hydrogens is 444 g/mol. The molecule has 1 amide bonds. The molecule has 0 bridgehead atoms. The molecule has 0 aliphatic carbocycles. The number of nitrogens with one attached hydrogen (secondary N) is 1. The zero-order chi connectivity index (χ0) is 25.7. The smallest absolute Gasteiger partial charge is 0.326 e. The van der Waals surface area contributed by atoms with Crippen molar-refractivity contribution in [3.8, 4) is 0 Å². The molecule has 0 radical (unpaired) electrons. The summed E-state index contributed by atoms with van der Waals surface area (Å²) in [5, 5.41) is 11.7. The molecule has 0 saturated heterocycles. The van der Waals surface area contributed by atoms with Crippen molar-refractivity contribution in [3.05, 3.63) is 30.4 Å². The van der Waals surface area contributed by atoms with E-state index in [1.165, 1.54) is 68.7 Å². The minimum absolute atomic E-state index is 0.0132. The van der Waals surface area contributed by atoms with Crippen LogP contribution in [0, 0.1) is 0 Å². The second kappa shape index (κ2) is 19.8. The molecular formula is C27H46N4O4. The highest BCUT2D eigenvalue weighted by molar-refractivity contribution is 5.83. The van der Waals surface area contributed by atoms with Crippen LogP contribution in [0.3, 0.4) is 0 Å². The molecule has 35 heavy (non-hydrogen) atoms. The third kappa shape index (κ3) is 15.2. The average Bonchev–Trinajstić information content (AvgIpc) is 3.30. The lowest BCUT2D eigenvalue weighted by molar-refractivity contribution is -0.141. The van der Waals surface area contributed by atoms with Crippen LogP contribution in [0.2, 0.25) is 0 Å². The van der Waals surface area contributed by atoms with E-state index in [1.807, 2.05) is 0 Å². The molecule has 0 fully saturated rings. The van der Waals surface area contributed by atoms with E-state index >= 15 is 0 Å². The molecule has 1 aromatic rings. The molecule has 1 aromatic heterocycles. The van der Waals surface area contributed by atoms with Crippen LogP contribution in [0.5, 0.6) is 0 Å². The first-order valence-electron chi connectivity index (χ1n) is 13.4. The maximum Gasteiger partial charge on any atom is 0.326 e. The summed E-state index contributed by atoms with van der Waals surface area (Å²) in [4.78, 5) is 39.6. The number of nitrogens with two attached hydrogens (primary N) is 1. The Morgan fingerprint density at radius 1 is 0.971 bits per heavy atom. The first kappa shape index (κ1) is 30.6. The molecule has 1 atom stereocenters. The fraction of sp³-hybridized carbons (Fsp3) is 0.704. The Morgan fingerprint density at radius 3 is 2.17 bits per heavy atom. The second-order valence-electron chi connectivity index (χ2n) is 9.20. The van der Waals surface area contributed by atoms with E-state index < -0.39 is 17.9 Å². The summed E-state index contributed by atoms with van der Waals surface area (Å²) in [7, 11) is 0. The Bertz CT molecular complexity index is 760. The van der Waals surface area contributed by atoms with Crippen LogP contribution in [0.1, 0.15) is 114 Å². The van der Waals surface area contributed by atoms with E-state index in [0.717, 1.165) is 25.7 Å². The fourth-order valence-electron chi connectivity index (χ4n) is 3.89. The summed E-state index contributed by atoms with van der Waals surface area (Å²) in [6.45, 7) is 2.40. The Labute approximate surface area is 210 Å². The van der Waals surface area contributed by atoms with Crippen molar-refractivity contribution >= 4 is 17.8 Å². The van der Waals surface area contributed by atoms with E-state index in [0.29, 0.717) is 12.1 Å². The van der Waals surface area contributed by atoms with Gasteiger partial charge in [0.15, 0.2) is 0 Å². The molecule has 4 N–H and O–H groups in total. The first-order valence-corrected chi connectivity index (χ1v) is 13.4. The molecule has 0 spiro atoms. The number of carbonyl (C=O) groups excluding carboxylic acids is 2. The number of unbranched alkanes of at least 4 members (excludes halogenated alkanes) is 11. The predicted molar refractivity (Wildman–Crippen MR) is 139 cm³/mol. The highest BCUT2D eigenvalue weighted by atomic mass is 16.4. The fourth-order valence-corrected chi connectivity index (χ4v) is 3.89. The lowest BCUT2D eigenvalue weighted by atomic mass is 10.1. The molecule has 1 rings (SSSR count). The maximum absolute atomic E-state index is 12.4. The molecule has 8 heteroatoms. The number of imidazole rings is 1. The van der Waals surface area contributed by atoms with Gasteiger partial charge < -0.3 is 16.2 Å². The van der Waals surface area contributed by atoms with Gasteiger partial charge in [0.2, 0.25) is 11.8 Å². The Morgan fingerprint density at radius 2 is 1.57 bits per heavy atom. The van der Waals surface area contributed by atoms with E-state index in [4.69, 9.17) is 5.73 Å². The van der Waals surface area contributed by atoms with Gasteiger partial charge in [-0.15, -0.1) is 0 Å². The molecule has 0 saturated carbocycles. The summed E-state index contributed by atoms with van der Waals surface area (Å²) in [6.07, 6.45) is 23.8. The van der Waals surface area contributed by atoms with Crippen LogP contribution >= 0.6 is 0 Å². The van der Waals surface area contributed by atoms with Crippen molar-refractivity contribution in [1.29, 1.82) is 0 Å². The van der Waals surface area contributed by atoms with Gasteiger partial charge in [0.1, 0.15) is 12.4 Å². The summed E-state index contributed by atoms with van der Waals surface area (Å²) in [5.74, 6) is -1.62. The van der Waals surface area contributed by atoms with Gasteiger partial charge in [0.25, 0.3) is 0 Å². The minimum atomic E-state index is -1.15. The van der Waals surface area contributed by atoms with Crippen molar-refractivity contribution in [2.75, 3.05) is 6.54 Å². The van der Waals surface area contributed by atoms with E-state index in [2.05, 4.69) is 29.4 Å². The van der Waals surface area contributed by atoms with Crippen molar-refractivity contribution in [1.82, 2.24) is 14.9 Å². The van der Waals surface area contributed by atoms with Gasteiger partial charge in [0.05, 0.1) is 5.69 Å². The largest absolute Gasteiger partial charge is 0.480 e. The predicted octanol–water partition coefficient (Wildman–Crippen LogP) is 5.02. The van der Waals surface area contributed by atoms with E-state index in [9.17, 15) is 19.5 Å². The standard InChI is InChI=1S/C27H46N4O4/c1-2-3-4-5-6-7-8-9-10-11-12-13-14-15-16-17-26(33)31-21-23(29-22-31)20-24(27(34)35)30-25(32)18-19-28/h9-10,21-22,24H,2-8,11-20,28H2,1H3,(H,30,32)(H,34,35)/b10-9-. The lowest BCUT2D eigenvalue weighted by Crippen LogP contribution is -2.42. The second-order valence-corrected chi connectivity index (χ2v) is 9.20. The van der Waals surface area contributed by atoms with Crippen LogP contribution in [-0.4, -0.2) is 45.0 Å². The normalized spacial score (nSPS) is 12.2. The number of amides is 1. The van der Waals surface area contributed by atoms with Gasteiger partial charge >= 0.3 is 5.97 Å². The Balaban J connectivity index is 2.14. The number of hydrogen-bond acceptors (Lipinski definition) is 5. The summed E-state index contributed by atoms with van der Waals surface area (Å²) < 4.78 is 1.41. The van der Waals surface area contributed by atoms with Gasteiger partial charge in [-0.25, -0.2) is 9.78 Å². The monoisotopic (exact) mass is 490 g/mol. The van der Waals surface area contributed by atoms with E-state index in [-0.39, 0.29) is 25.3 Å². The molecule has 0 aliphatic rings. The van der Waals surface area contributed by atoms with Gasteiger partial charge in [-0.2, -0.15) is 0 Å². The van der Waals surface area contributed by atoms with Gasteiger partial charge in [0, 0.05) is 32.0 Å². The maximum atomic E-state index is 12.4. The number of aromatic nitrogens is 2. The van der Waals surface area contributed by atoms with Crippen LogP contribution in [0.15, 0.2) is 24.7 Å². The number of carbonyl (C=O) groups is 3. The number of hydrogen-bond donors (Lipinski definition) is 3. The Kier molecular flexibility index (Phi) is 17.3. The third-order valence-corrected chi connectivity index (χ3v) is 5.99. The van der Waals surface area contributed by atoms with Crippen molar-refractivity contribution < 1.29 is 19.5 Å². The number of allylic oxidation sites excluding steroid dienone is 2. The summed E-state index contributed by atoms with van der Waals surface area (Å²) in [6, 6.07) is -1.10. The Hall–Kier alpha value is -2.48. The molecule has 1 heterocycles. The topological polar surface area (TPSA) is 127 Å². The number of aliphatic carboxylic acids is 1. The van der Waals surface area contributed by atoms with Crippen LogP contribution in [0.4, 0.5) is 0 Å². The first-order chi connectivity index (χ1) is 17.0. The van der Waals surface area contributed by atoms with Gasteiger partial charge in [-0.1, -0.05) is 70.4 Å². The number of carboxylic acids is 1. The summed E-state index contributed by atoms with van der Waals surface area (Å²) >= 11 is 0.